The third-order valence-electron chi connectivity index (χ3n) is 4.72. The van der Waals surface area contributed by atoms with E-state index in [1.807, 2.05) is 35.8 Å². The van der Waals surface area contributed by atoms with E-state index < -0.39 is 0 Å². The first-order chi connectivity index (χ1) is 13.4. The number of thiophene rings is 1. The number of hydrogen-bond acceptors (Lipinski definition) is 2. The molecule has 128 valence electrons. The van der Waals surface area contributed by atoms with Crippen LogP contribution in [0.5, 0.6) is 0 Å². The van der Waals surface area contributed by atoms with Crippen molar-refractivity contribution < 1.29 is 0 Å². The molecular weight excluding hydrogens is 346 g/mol. The molecule has 5 aromatic rings. The molecule has 0 saturated heterocycles. The fraction of sp³-hybridized carbons (Fsp3) is 0. The first-order valence-electron chi connectivity index (χ1n) is 8.98. The van der Waals surface area contributed by atoms with Gasteiger partial charge in [0.15, 0.2) is 0 Å². The van der Waals surface area contributed by atoms with E-state index in [0.29, 0.717) is 0 Å². The van der Waals surface area contributed by atoms with Gasteiger partial charge in [0.2, 0.25) is 0 Å². The number of hydrogen-bond donors (Lipinski definition) is 0. The summed E-state index contributed by atoms with van der Waals surface area (Å²) >= 11 is 1.83. The zero-order chi connectivity index (χ0) is 18.1. The molecule has 0 saturated carbocycles. The van der Waals surface area contributed by atoms with Crippen molar-refractivity contribution in [2.24, 2.45) is 4.99 Å². The smallest absolute Gasteiger partial charge is 0.0644 e. The maximum Gasteiger partial charge on any atom is 0.0644 e. The second-order valence-electron chi connectivity index (χ2n) is 6.53. The summed E-state index contributed by atoms with van der Waals surface area (Å²) < 4.78 is 2.59. The van der Waals surface area contributed by atoms with Crippen molar-refractivity contribution in [3.63, 3.8) is 0 Å². The molecule has 1 nitrogen and oxygen atoms in total. The highest BCUT2D eigenvalue weighted by molar-refractivity contribution is 7.25. The van der Waals surface area contributed by atoms with E-state index >= 15 is 0 Å². The van der Waals surface area contributed by atoms with Crippen LogP contribution in [0.25, 0.3) is 31.3 Å². The Hall–Kier alpha value is -3.23. The molecule has 27 heavy (non-hydrogen) atoms. The molecule has 5 rings (SSSR count). The van der Waals surface area contributed by atoms with Gasteiger partial charge in [-0.2, -0.15) is 0 Å². The molecule has 0 radical (unpaired) electrons. The molecule has 0 atom stereocenters. The molecule has 2 heteroatoms. The molecule has 1 aromatic heterocycles. The Labute approximate surface area is 162 Å². The van der Waals surface area contributed by atoms with Gasteiger partial charge in [0.25, 0.3) is 0 Å². The lowest BCUT2D eigenvalue weighted by Crippen LogP contribution is -1.78. The van der Waals surface area contributed by atoms with Crippen LogP contribution in [0.2, 0.25) is 0 Å². The van der Waals surface area contributed by atoms with Gasteiger partial charge in [0.1, 0.15) is 0 Å². The van der Waals surface area contributed by atoms with Gasteiger partial charge in [-0.1, -0.05) is 72.8 Å². The molecule has 0 N–H and O–H groups in total. The molecule has 0 amide bonds. The highest BCUT2D eigenvalue weighted by atomic mass is 32.1. The summed E-state index contributed by atoms with van der Waals surface area (Å²) in [7, 11) is 0. The van der Waals surface area contributed by atoms with Crippen LogP contribution in [0.15, 0.2) is 102 Å². The summed E-state index contributed by atoms with van der Waals surface area (Å²) in [5.74, 6) is 0. The summed E-state index contributed by atoms with van der Waals surface area (Å²) in [4.78, 5) is 4.64. The van der Waals surface area contributed by atoms with Crippen molar-refractivity contribution in [2.75, 3.05) is 0 Å². The van der Waals surface area contributed by atoms with E-state index in [9.17, 15) is 0 Å². The molecule has 0 spiro atoms. The van der Waals surface area contributed by atoms with Crippen LogP contribution in [0.1, 0.15) is 5.56 Å². The summed E-state index contributed by atoms with van der Waals surface area (Å²) in [5, 5.41) is 2.61. The van der Waals surface area contributed by atoms with Crippen LogP contribution in [0.4, 0.5) is 5.69 Å². The van der Waals surface area contributed by atoms with Gasteiger partial charge in [0.05, 0.1) is 5.69 Å². The van der Waals surface area contributed by atoms with Crippen LogP contribution in [-0.2, 0) is 0 Å². The van der Waals surface area contributed by atoms with E-state index in [2.05, 4.69) is 83.9 Å². The minimum atomic E-state index is 0.987. The zero-order valence-electron chi connectivity index (χ0n) is 14.7. The van der Waals surface area contributed by atoms with Crippen molar-refractivity contribution >= 4 is 43.4 Å². The largest absolute Gasteiger partial charge is 0.256 e. The lowest BCUT2D eigenvalue weighted by molar-refractivity contribution is 1.56. The van der Waals surface area contributed by atoms with Gasteiger partial charge in [-0.15, -0.1) is 11.3 Å². The molecule has 4 aromatic carbocycles. The first-order valence-corrected chi connectivity index (χ1v) is 9.79. The molecule has 0 unspecified atom stereocenters. The van der Waals surface area contributed by atoms with Crippen LogP contribution in [0, 0.1) is 0 Å². The second-order valence-corrected chi connectivity index (χ2v) is 7.61. The Bertz CT molecular complexity index is 1250. The predicted octanol–water partition coefficient (Wildman–Crippen LogP) is 7.47. The topological polar surface area (TPSA) is 12.4 Å². The third kappa shape index (κ3) is 3.16. The predicted molar refractivity (Wildman–Crippen MR) is 118 cm³/mol. The van der Waals surface area contributed by atoms with E-state index in [4.69, 9.17) is 0 Å². The van der Waals surface area contributed by atoms with E-state index in [1.54, 1.807) is 0 Å². The van der Waals surface area contributed by atoms with Gasteiger partial charge in [0, 0.05) is 26.4 Å². The SMILES string of the molecule is C(=Nc1ccc2c(c1)sc1ccc(-c3ccccc3)cc12)c1ccccc1. The number of rotatable bonds is 3. The fourth-order valence-corrected chi connectivity index (χ4v) is 4.46. The van der Waals surface area contributed by atoms with E-state index in [0.717, 1.165) is 11.3 Å². The Morgan fingerprint density at radius 1 is 0.593 bits per heavy atom. The number of fused-ring (bicyclic) bond motifs is 3. The molecular formula is C25H17NS. The molecule has 0 aliphatic heterocycles. The Morgan fingerprint density at radius 3 is 2.19 bits per heavy atom. The fourth-order valence-electron chi connectivity index (χ4n) is 3.34. The quantitative estimate of drug-likeness (QED) is 0.295. The lowest BCUT2D eigenvalue weighted by atomic mass is 10.0. The molecule has 0 fully saturated rings. The summed E-state index contributed by atoms with van der Waals surface area (Å²) in [6.45, 7) is 0. The monoisotopic (exact) mass is 363 g/mol. The summed E-state index contributed by atoms with van der Waals surface area (Å²) in [5.41, 5.74) is 4.61. The number of aliphatic imine (C=N–C) groups is 1. The van der Waals surface area contributed by atoms with E-state index in [1.165, 1.54) is 31.3 Å². The highest BCUT2D eigenvalue weighted by Gasteiger charge is 2.07. The molecule has 0 aliphatic rings. The molecule has 1 heterocycles. The molecule has 0 aliphatic carbocycles. The minimum absolute atomic E-state index is 0.987. The van der Waals surface area contributed by atoms with Crippen molar-refractivity contribution in [1.82, 2.24) is 0 Å². The zero-order valence-corrected chi connectivity index (χ0v) is 15.5. The molecule has 0 bridgehead atoms. The van der Waals surface area contributed by atoms with Gasteiger partial charge in [-0.05, 0) is 41.0 Å². The van der Waals surface area contributed by atoms with Crippen molar-refractivity contribution in [1.29, 1.82) is 0 Å². The van der Waals surface area contributed by atoms with E-state index in [-0.39, 0.29) is 0 Å². The van der Waals surface area contributed by atoms with Crippen LogP contribution in [0.3, 0.4) is 0 Å². The second kappa shape index (κ2) is 6.82. The van der Waals surface area contributed by atoms with Crippen molar-refractivity contribution in [3.8, 4) is 11.1 Å². The van der Waals surface area contributed by atoms with Gasteiger partial charge in [-0.3, -0.25) is 4.99 Å². The van der Waals surface area contributed by atoms with Crippen LogP contribution in [-0.4, -0.2) is 6.21 Å². The van der Waals surface area contributed by atoms with Crippen molar-refractivity contribution in [3.05, 3.63) is 103 Å². The van der Waals surface area contributed by atoms with Gasteiger partial charge < -0.3 is 0 Å². The average Bonchev–Trinajstić information content (AvgIpc) is 3.10. The first kappa shape index (κ1) is 16.0. The van der Waals surface area contributed by atoms with Crippen LogP contribution >= 0.6 is 11.3 Å². The Balaban J connectivity index is 1.56. The highest BCUT2D eigenvalue weighted by Crippen LogP contribution is 2.38. The minimum Gasteiger partial charge on any atom is -0.256 e. The summed E-state index contributed by atoms with van der Waals surface area (Å²) in [6.07, 6.45) is 1.92. The lowest BCUT2D eigenvalue weighted by Gasteiger charge is -2.02. The van der Waals surface area contributed by atoms with Gasteiger partial charge in [-0.25, -0.2) is 0 Å². The average molecular weight is 363 g/mol. The maximum absolute atomic E-state index is 4.64. The number of benzene rings is 4. The van der Waals surface area contributed by atoms with Crippen molar-refractivity contribution in [2.45, 2.75) is 0 Å². The Kier molecular flexibility index (Phi) is 4.04. The maximum atomic E-state index is 4.64. The third-order valence-corrected chi connectivity index (χ3v) is 5.86. The van der Waals surface area contributed by atoms with Crippen LogP contribution < -0.4 is 0 Å². The Morgan fingerprint density at radius 2 is 1.37 bits per heavy atom. The standard InChI is InChI=1S/C25H17NS/c1-3-7-18(8-4-1)17-26-21-12-13-22-23-15-20(19-9-5-2-6-10-19)11-14-24(23)27-25(22)16-21/h1-17H. The summed E-state index contributed by atoms with van der Waals surface area (Å²) in [6, 6.07) is 34.0. The normalized spacial score (nSPS) is 11.6. The van der Waals surface area contributed by atoms with Gasteiger partial charge >= 0.3 is 0 Å². The number of nitrogens with zero attached hydrogens (tertiary/aromatic N) is 1.